The van der Waals surface area contributed by atoms with Gasteiger partial charge in [0.25, 0.3) is 11.8 Å². The van der Waals surface area contributed by atoms with Crippen LogP contribution in [0, 0.1) is 13.8 Å². The number of ether oxygens (including phenoxy) is 2. The zero-order chi connectivity index (χ0) is 26.0. The smallest absolute Gasteiger partial charge is 0.335 e. The summed E-state index contributed by atoms with van der Waals surface area (Å²) in [7, 11) is 1.46. The van der Waals surface area contributed by atoms with Gasteiger partial charge in [0.05, 0.1) is 17.8 Å². The number of nitrogens with one attached hydrogen (secondary N) is 1. The standard InChI is InChI=1S/C27H22Cl2N2O5/c1-15-7-8-17(9-16(15)2)14-36-24-22(29)11-18(12-23(24)35-3)10-21-25(32)30-27(34)31(26(21)33)20-6-4-5-19(28)13-20/h4-13H,14H2,1-3H3,(H,30,32,34)/b21-10+. The molecule has 9 heteroatoms. The minimum atomic E-state index is -0.866. The number of methoxy groups -OCH3 is 1. The van der Waals surface area contributed by atoms with Gasteiger partial charge >= 0.3 is 6.03 Å². The van der Waals surface area contributed by atoms with Crippen molar-refractivity contribution >= 4 is 52.8 Å². The number of rotatable bonds is 6. The molecule has 3 aromatic rings. The summed E-state index contributed by atoms with van der Waals surface area (Å²) in [6.07, 6.45) is 1.34. The minimum absolute atomic E-state index is 0.231. The first-order chi connectivity index (χ1) is 17.2. The number of benzene rings is 3. The van der Waals surface area contributed by atoms with E-state index in [9.17, 15) is 14.4 Å². The molecule has 1 aliphatic heterocycles. The molecule has 0 aliphatic carbocycles. The molecule has 3 aromatic carbocycles. The summed E-state index contributed by atoms with van der Waals surface area (Å²) in [5, 5.41) is 2.75. The van der Waals surface area contributed by atoms with Gasteiger partial charge in [-0.05, 0) is 72.5 Å². The van der Waals surface area contributed by atoms with Crippen LogP contribution < -0.4 is 19.7 Å². The van der Waals surface area contributed by atoms with Crippen LogP contribution in [0.25, 0.3) is 6.08 Å². The Hall–Kier alpha value is -3.81. The van der Waals surface area contributed by atoms with Crippen molar-refractivity contribution in [2.75, 3.05) is 12.0 Å². The van der Waals surface area contributed by atoms with Crippen molar-refractivity contribution in [3.63, 3.8) is 0 Å². The van der Waals surface area contributed by atoms with Gasteiger partial charge in [-0.25, -0.2) is 9.69 Å². The Morgan fingerprint density at radius 3 is 2.44 bits per heavy atom. The lowest BCUT2D eigenvalue weighted by atomic mass is 10.1. The maximum atomic E-state index is 13.1. The normalized spacial score (nSPS) is 14.8. The summed E-state index contributed by atoms with van der Waals surface area (Å²) in [5.74, 6) is -0.969. The summed E-state index contributed by atoms with van der Waals surface area (Å²) in [4.78, 5) is 38.9. The van der Waals surface area contributed by atoms with Crippen LogP contribution >= 0.6 is 23.2 Å². The van der Waals surface area contributed by atoms with E-state index in [4.69, 9.17) is 32.7 Å². The number of halogens is 2. The molecule has 1 heterocycles. The number of carbonyl (C=O) groups is 3. The van der Waals surface area contributed by atoms with Gasteiger partial charge in [-0.2, -0.15) is 0 Å². The third kappa shape index (κ3) is 5.22. The van der Waals surface area contributed by atoms with Crippen molar-refractivity contribution in [1.29, 1.82) is 0 Å². The molecule has 184 valence electrons. The maximum absolute atomic E-state index is 13.1. The van der Waals surface area contributed by atoms with Crippen LogP contribution in [-0.2, 0) is 16.2 Å². The lowest BCUT2D eigenvalue weighted by molar-refractivity contribution is -0.122. The van der Waals surface area contributed by atoms with Crippen molar-refractivity contribution in [2.45, 2.75) is 20.5 Å². The van der Waals surface area contributed by atoms with Crippen LogP contribution in [-0.4, -0.2) is 25.0 Å². The lowest BCUT2D eigenvalue weighted by Crippen LogP contribution is -2.54. The molecule has 0 radical (unpaired) electrons. The summed E-state index contributed by atoms with van der Waals surface area (Å²) < 4.78 is 11.4. The summed E-state index contributed by atoms with van der Waals surface area (Å²) in [5.41, 5.74) is 3.69. The van der Waals surface area contributed by atoms with Crippen molar-refractivity contribution in [2.24, 2.45) is 0 Å². The van der Waals surface area contributed by atoms with Gasteiger partial charge in [0, 0.05) is 5.02 Å². The van der Waals surface area contributed by atoms with E-state index in [2.05, 4.69) is 5.32 Å². The highest BCUT2D eigenvalue weighted by atomic mass is 35.5. The van der Waals surface area contributed by atoms with Crippen molar-refractivity contribution in [3.05, 3.63) is 92.5 Å². The number of carbonyl (C=O) groups excluding carboxylic acids is 3. The average Bonchev–Trinajstić information content (AvgIpc) is 2.83. The second kappa shape index (κ2) is 10.4. The molecule has 0 aromatic heterocycles. The molecule has 0 bridgehead atoms. The quantitative estimate of drug-likeness (QED) is 0.322. The second-order valence-corrected chi connectivity index (χ2v) is 9.02. The van der Waals surface area contributed by atoms with Gasteiger partial charge in [0.2, 0.25) is 0 Å². The zero-order valence-corrected chi connectivity index (χ0v) is 21.2. The van der Waals surface area contributed by atoms with E-state index in [1.165, 1.54) is 24.8 Å². The number of hydrogen-bond acceptors (Lipinski definition) is 5. The van der Waals surface area contributed by atoms with Crippen LogP contribution in [0.2, 0.25) is 10.0 Å². The van der Waals surface area contributed by atoms with Crippen LogP contribution in [0.3, 0.4) is 0 Å². The minimum Gasteiger partial charge on any atom is -0.493 e. The Morgan fingerprint density at radius 2 is 1.75 bits per heavy atom. The maximum Gasteiger partial charge on any atom is 0.335 e. The molecule has 7 nitrogen and oxygen atoms in total. The van der Waals surface area contributed by atoms with E-state index >= 15 is 0 Å². The molecular formula is C27H22Cl2N2O5. The fourth-order valence-electron chi connectivity index (χ4n) is 3.69. The first-order valence-corrected chi connectivity index (χ1v) is 11.7. The molecule has 1 N–H and O–H groups in total. The van der Waals surface area contributed by atoms with Gasteiger partial charge in [0.15, 0.2) is 11.5 Å². The van der Waals surface area contributed by atoms with E-state index in [0.29, 0.717) is 22.1 Å². The molecule has 0 unspecified atom stereocenters. The van der Waals surface area contributed by atoms with Gasteiger partial charge in [-0.15, -0.1) is 0 Å². The first kappa shape index (κ1) is 25.3. The van der Waals surface area contributed by atoms with Crippen LogP contribution in [0.15, 0.2) is 60.2 Å². The number of urea groups is 1. The summed E-state index contributed by atoms with van der Waals surface area (Å²) in [6, 6.07) is 14.5. The van der Waals surface area contributed by atoms with Gasteiger partial charge < -0.3 is 9.47 Å². The molecule has 0 spiro atoms. The highest BCUT2D eigenvalue weighted by Gasteiger charge is 2.37. The number of imide groups is 2. The Kier molecular flexibility index (Phi) is 7.33. The SMILES string of the molecule is COc1cc(/C=C2\C(=O)NC(=O)N(c3cccc(Cl)c3)C2=O)cc(Cl)c1OCc1ccc(C)c(C)c1. The van der Waals surface area contributed by atoms with Crippen molar-refractivity contribution in [3.8, 4) is 11.5 Å². The first-order valence-electron chi connectivity index (χ1n) is 10.9. The highest BCUT2D eigenvalue weighted by Crippen LogP contribution is 2.38. The number of hydrogen-bond donors (Lipinski definition) is 1. The summed E-state index contributed by atoms with van der Waals surface area (Å²) >= 11 is 12.5. The van der Waals surface area contributed by atoms with E-state index < -0.39 is 17.8 Å². The van der Waals surface area contributed by atoms with Gasteiger partial charge in [-0.3, -0.25) is 14.9 Å². The van der Waals surface area contributed by atoms with E-state index in [1.807, 2.05) is 32.0 Å². The summed E-state index contributed by atoms with van der Waals surface area (Å²) in [6.45, 7) is 4.34. The predicted octanol–water partition coefficient (Wildman–Crippen LogP) is 5.86. The second-order valence-electron chi connectivity index (χ2n) is 8.18. The van der Waals surface area contributed by atoms with Crippen LogP contribution in [0.4, 0.5) is 10.5 Å². The average molecular weight is 525 g/mol. The number of nitrogens with zero attached hydrogens (tertiary/aromatic N) is 1. The fourth-order valence-corrected chi connectivity index (χ4v) is 4.14. The molecular weight excluding hydrogens is 503 g/mol. The lowest BCUT2D eigenvalue weighted by Gasteiger charge is -2.26. The molecule has 1 aliphatic rings. The zero-order valence-electron chi connectivity index (χ0n) is 19.7. The molecule has 0 saturated carbocycles. The Morgan fingerprint density at radius 1 is 0.972 bits per heavy atom. The highest BCUT2D eigenvalue weighted by molar-refractivity contribution is 6.39. The van der Waals surface area contributed by atoms with E-state index in [1.54, 1.807) is 30.3 Å². The van der Waals surface area contributed by atoms with Crippen molar-refractivity contribution in [1.82, 2.24) is 5.32 Å². The Balaban J connectivity index is 1.64. The van der Waals surface area contributed by atoms with Crippen molar-refractivity contribution < 1.29 is 23.9 Å². The number of anilines is 1. The number of amides is 4. The van der Waals surface area contributed by atoms with Gasteiger partial charge in [-0.1, -0.05) is 47.5 Å². The molecule has 0 atom stereocenters. The van der Waals surface area contributed by atoms with E-state index in [-0.39, 0.29) is 22.9 Å². The third-order valence-electron chi connectivity index (χ3n) is 5.69. The Bertz CT molecular complexity index is 1420. The number of barbiturate groups is 1. The monoisotopic (exact) mass is 524 g/mol. The van der Waals surface area contributed by atoms with Crippen LogP contribution in [0.5, 0.6) is 11.5 Å². The molecule has 4 rings (SSSR count). The number of aryl methyl sites for hydroxylation is 2. The topological polar surface area (TPSA) is 84.9 Å². The van der Waals surface area contributed by atoms with E-state index in [0.717, 1.165) is 16.0 Å². The molecule has 36 heavy (non-hydrogen) atoms. The Labute approximate surface area is 218 Å². The molecule has 4 amide bonds. The largest absolute Gasteiger partial charge is 0.493 e. The van der Waals surface area contributed by atoms with Crippen LogP contribution in [0.1, 0.15) is 22.3 Å². The third-order valence-corrected chi connectivity index (χ3v) is 6.20. The fraction of sp³-hybridized carbons (Fsp3) is 0.148. The van der Waals surface area contributed by atoms with Gasteiger partial charge in [0.1, 0.15) is 12.2 Å². The molecule has 1 fully saturated rings. The predicted molar refractivity (Wildman–Crippen MR) is 139 cm³/mol. The molecule has 1 saturated heterocycles.